The fourth-order valence-electron chi connectivity index (χ4n) is 3.62. The molecule has 0 aromatic carbocycles. The van der Waals surface area contributed by atoms with Gasteiger partial charge in [-0.1, -0.05) is 6.92 Å². The van der Waals surface area contributed by atoms with Crippen LogP contribution >= 0.6 is 11.9 Å². The van der Waals surface area contributed by atoms with Crippen LogP contribution in [0.5, 0.6) is 0 Å². The fourth-order valence-corrected chi connectivity index (χ4v) is 4.38. The van der Waals surface area contributed by atoms with Gasteiger partial charge in [0.05, 0.1) is 35.0 Å². The molecule has 0 spiro atoms. The molecule has 0 aliphatic carbocycles. The van der Waals surface area contributed by atoms with E-state index in [-0.39, 0.29) is 29.6 Å². The molecular weight excluding hydrogens is 440 g/mol. The van der Waals surface area contributed by atoms with Crippen molar-refractivity contribution < 1.29 is 14.2 Å². The summed E-state index contributed by atoms with van der Waals surface area (Å²) in [4.78, 5) is 8.96. The highest BCUT2D eigenvalue weighted by Gasteiger charge is 2.27. The molecule has 2 aromatic heterocycles. The predicted molar refractivity (Wildman–Crippen MR) is 130 cm³/mol. The highest BCUT2D eigenvalue weighted by atomic mass is 32.2. The van der Waals surface area contributed by atoms with E-state index >= 15 is 0 Å². The van der Waals surface area contributed by atoms with Crippen molar-refractivity contribution in [2.45, 2.75) is 97.0 Å². The monoisotopic (exact) mass is 478 g/mol. The van der Waals surface area contributed by atoms with E-state index in [2.05, 4.69) is 50.2 Å². The Morgan fingerprint density at radius 3 is 2.55 bits per heavy atom. The van der Waals surface area contributed by atoms with E-state index in [1.165, 1.54) is 0 Å². The second-order valence-electron chi connectivity index (χ2n) is 8.80. The van der Waals surface area contributed by atoms with Gasteiger partial charge in [-0.2, -0.15) is 0 Å². The van der Waals surface area contributed by atoms with Gasteiger partial charge in [-0.3, -0.25) is 19.3 Å². The first kappa shape index (κ1) is 25.9. The summed E-state index contributed by atoms with van der Waals surface area (Å²) in [6.07, 6.45) is 6.45. The van der Waals surface area contributed by atoms with Gasteiger partial charge in [-0.15, -0.1) is 10.2 Å². The number of aryl methyl sites for hydroxylation is 1. The quantitative estimate of drug-likeness (QED) is 0.437. The van der Waals surface area contributed by atoms with E-state index in [9.17, 15) is 0 Å². The average Bonchev–Trinajstić information content (AvgIpc) is 3.23. The van der Waals surface area contributed by atoms with Gasteiger partial charge in [0.1, 0.15) is 12.7 Å². The Balaban J connectivity index is 1.75. The molecule has 10 heteroatoms. The minimum Gasteiger partial charge on any atom is -0.381 e. The molecule has 3 rings (SSSR count). The Kier molecular flexibility index (Phi) is 9.91. The van der Waals surface area contributed by atoms with E-state index in [1.807, 2.05) is 20.8 Å². The normalized spacial score (nSPS) is 17.8. The molecule has 0 bridgehead atoms. The van der Waals surface area contributed by atoms with Crippen molar-refractivity contribution in [2.75, 3.05) is 17.9 Å². The maximum atomic E-state index is 6.21. The number of aromatic nitrogens is 5. The molecule has 0 amide bonds. The Morgan fingerprint density at radius 2 is 1.91 bits per heavy atom. The molecule has 2 aromatic rings. The van der Waals surface area contributed by atoms with Crippen LogP contribution in [0.15, 0.2) is 12.4 Å². The van der Waals surface area contributed by atoms with Gasteiger partial charge in [0, 0.05) is 25.5 Å². The van der Waals surface area contributed by atoms with E-state index in [0.717, 1.165) is 55.6 Å². The number of nitrogens with one attached hydrogen (secondary N) is 1. The van der Waals surface area contributed by atoms with Crippen LogP contribution < -0.4 is 4.72 Å². The molecule has 1 fully saturated rings. The molecule has 9 nitrogen and oxygen atoms in total. The molecule has 3 heterocycles. The van der Waals surface area contributed by atoms with Gasteiger partial charge < -0.3 is 14.2 Å². The fraction of sp³-hybridized carbons (Fsp3) is 0.739. The molecule has 0 radical (unpaired) electrons. The second-order valence-corrected chi connectivity index (χ2v) is 9.98. The van der Waals surface area contributed by atoms with Crippen molar-refractivity contribution in [1.82, 2.24) is 24.7 Å². The summed E-state index contributed by atoms with van der Waals surface area (Å²) in [5.41, 5.74) is 1.71. The summed E-state index contributed by atoms with van der Waals surface area (Å²) in [5.74, 6) is 1.58. The number of anilines is 1. The van der Waals surface area contributed by atoms with Crippen LogP contribution in [0.2, 0.25) is 0 Å². The molecule has 1 unspecified atom stereocenters. The zero-order valence-electron chi connectivity index (χ0n) is 20.7. The number of hydrogen-bond donors (Lipinski definition) is 1. The van der Waals surface area contributed by atoms with Gasteiger partial charge in [-0.25, -0.2) is 0 Å². The van der Waals surface area contributed by atoms with E-state index in [0.29, 0.717) is 6.61 Å². The average molecular weight is 479 g/mol. The number of ether oxygens (including phenoxy) is 3. The number of rotatable bonds is 12. The minimum absolute atomic E-state index is 0.0593. The molecular formula is C23H38N6O3S. The summed E-state index contributed by atoms with van der Waals surface area (Å²) in [5, 5.41) is 8.98. The summed E-state index contributed by atoms with van der Waals surface area (Å²) >= 11 is 1.56. The van der Waals surface area contributed by atoms with Gasteiger partial charge in [-0.05, 0) is 65.8 Å². The lowest BCUT2D eigenvalue weighted by atomic mass is 10.1. The Bertz CT molecular complexity index is 841. The van der Waals surface area contributed by atoms with E-state index < -0.39 is 0 Å². The van der Waals surface area contributed by atoms with E-state index in [1.54, 1.807) is 24.3 Å². The first-order valence-corrected chi connectivity index (χ1v) is 12.8. The zero-order valence-corrected chi connectivity index (χ0v) is 21.5. The van der Waals surface area contributed by atoms with Crippen LogP contribution in [-0.2, 0) is 20.8 Å². The Morgan fingerprint density at radius 1 is 1.15 bits per heavy atom. The molecule has 1 saturated heterocycles. The van der Waals surface area contributed by atoms with Gasteiger partial charge in [0.2, 0.25) is 5.95 Å². The first-order valence-electron chi connectivity index (χ1n) is 11.9. The van der Waals surface area contributed by atoms with Gasteiger partial charge >= 0.3 is 0 Å². The van der Waals surface area contributed by atoms with Crippen molar-refractivity contribution in [2.24, 2.45) is 0 Å². The van der Waals surface area contributed by atoms with Crippen molar-refractivity contribution in [1.29, 1.82) is 0 Å². The summed E-state index contributed by atoms with van der Waals surface area (Å²) in [7, 11) is 0. The molecule has 3 atom stereocenters. The summed E-state index contributed by atoms with van der Waals surface area (Å²) in [6.45, 7) is 14.2. The number of nitrogens with zero attached hydrogens (tertiary/aromatic N) is 5. The third-order valence-corrected chi connectivity index (χ3v) is 6.59. The molecule has 33 heavy (non-hydrogen) atoms. The van der Waals surface area contributed by atoms with Crippen LogP contribution in [0.4, 0.5) is 5.95 Å². The van der Waals surface area contributed by atoms with Crippen LogP contribution in [0.1, 0.15) is 83.2 Å². The molecule has 1 aliphatic rings. The van der Waals surface area contributed by atoms with Crippen LogP contribution in [0.3, 0.4) is 0 Å². The lowest BCUT2D eigenvalue weighted by Gasteiger charge is -2.28. The first-order chi connectivity index (χ1) is 15.9. The highest BCUT2D eigenvalue weighted by Crippen LogP contribution is 2.32. The lowest BCUT2D eigenvalue weighted by Crippen LogP contribution is -2.24. The Labute approximate surface area is 201 Å². The van der Waals surface area contributed by atoms with Crippen molar-refractivity contribution >= 4 is 17.9 Å². The Hall–Kier alpha value is -1.75. The van der Waals surface area contributed by atoms with Gasteiger partial charge in [0.25, 0.3) is 0 Å². The van der Waals surface area contributed by atoms with Crippen LogP contribution in [0.25, 0.3) is 0 Å². The van der Waals surface area contributed by atoms with Crippen molar-refractivity contribution in [3.63, 3.8) is 0 Å². The third-order valence-electron chi connectivity index (χ3n) is 5.67. The maximum absolute atomic E-state index is 6.21. The third kappa shape index (κ3) is 7.37. The second kappa shape index (κ2) is 12.6. The topological polar surface area (TPSA) is 96.2 Å². The lowest BCUT2D eigenvalue weighted by molar-refractivity contribution is 0.00526. The SMILES string of the molecule is CC[C@@H](C)OCc1nnc(NSC(C)[C@@H](OC(C)C)c2cnc(C)cn2)n1C1CCOCC1. The van der Waals surface area contributed by atoms with Crippen LogP contribution in [-0.4, -0.2) is 55.4 Å². The summed E-state index contributed by atoms with van der Waals surface area (Å²) in [6, 6.07) is 0.286. The smallest absolute Gasteiger partial charge is 0.234 e. The predicted octanol–water partition coefficient (Wildman–Crippen LogP) is 4.66. The number of hydrogen-bond acceptors (Lipinski definition) is 9. The van der Waals surface area contributed by atoms with Crippen molar-refractivity contribution in [3.05, 3.63) is 29.6 Å². The summed E-state index contributed by atoms with van der Waals surface area (Å²) < 4.78 is 23.4. The highest BCUT2D eigenvalue weighted by molar-refractivity contribution is 8.01. The minimum atomic E-state index is -0.205. The molecule has 1 N–H and O–H groups in total. The van der Waals surface area contributed by atoms with Crippen LogP contribution in [0, 0.1) is 6.92 Å². The molecule has 0 saturated carbocycles. The standard InChI is InChI=1S/C23H38N6O3S/c1-7-17(5)31-14-21-26-27-23(29(21)19-8-10-30-11-9-19)28-33-18(6)22(32-15(2)3)20-13-24-16(4)12-25-20/h12-13,15,17-19,22H,7-11,14H2,1-6H3,(H,27,28)/t17-,18?,22-/m1/s1. The molecule has 1 aliphatic heterocycles. The van der Waals surface area contributed by atoms with E-state index in [4.69, 9.17) is 14.2 Å². The van der Waals surface area contributed by atoms with Crippen molar-refractivity contribution in [3.8, 4) is 0 Å². The molecule has 184 valence electrons. The van der Waals surface area contributed by atoms with Gasteiger partial charge in [0.15, 0.2) is 5.82 Å². The maximum Gasteiger partial charge on any atom is 0.234 e. The zero-order chi connectivity index (χ0) is 23.8. The largest absolute Gasteiger partial charge is 0.381 e.